The highest BCUT2D eigenvalue weighted by molar-refractivity contribution is 7.99. The van der Waals surface area contributed by atoms with Crippen molar-refractivity contribution in [3.8, 4) is 0 Å². The maximum atomic E-state index is 11.6. The van der Waals surface area contributed by atoms with Gasteiger partial charge in [0.15, 0.2) is 0 Å². The van der Waals surface area contributed by atoms with Gasteiger partial charge in [-0.15, -0.1) is 0 Å². The molecule has 1 aliphatic carbocycles. The van der Waals surface area contributed by atoms with Crippen LogP contribution < -0.4 is 11.1 Å². The number of hydrogen-bond acceptors (Lipinski definition) is 4. The molecule has 0 aromatic rings. The van der Waals surface area contributed by atoms with Crippen LogP contribution in [0, 0.1) is 0 Å². The zero-order chi connectivity index (χ0) is 11.8. The van der Waals surface area contributed by atoms with Crippen LogP contribution in [0.5, 0.6) is 0 Å². The fraction of sp³-hybridized carbons (Fsp3) is 0.909. The van der Waals surface area contributed by atoms with Crippen molar-refractivity contribution in [3.05, 3.63) is 0 Å². The highest BCUT2D eigenvalue weighted by atomic mass is 32.2. The Kier molecular flexibility index (Phi) is 6.84. The van der Waals surface area contributed by atoms with Crippen molar-refractivity contribution in [1.82, 2.24) is 5.32 Å². The third-order valence-electron chi connectivity index (χ3n) is 2.85. The first kappa shape index (κ1) is 13.8. The van der Waals surface area contributed by atoms with Gasteiger partial charge in [-0.2, -0.15) is 11.8 Å². The van der Waals surface area contributed by atoms with E-state index < -0.39 is 0 Å². The second-order valence-corrected chi connectivity index (χ2v) is 5.15. The number of amides is 1. The molecule has 5 heteroatoms. The van der Waals surface area contributed by atoms with Crippen molar-refractivity contribution in [2.24, 2.45) is 5.73 Å². The Balaban J connectivity index is 2.25. The quantitative estimate of drug-likeness (QED) is 0.679. The third-order valence-corrected chi connectivity index (χ3v) is 4.02. The molecule has 2 unspecified atom stereocenters. The van der Waals surface area contributed by atoms with Gasteiger partial charge >= 0.3 is 0 Å². The highest BCUT2D eigenvalue weighted by Crippen LogP contribution is 2.26. The zero-order valence-corrected chi connectivity index (χ0v) is 10.7. The first-order valence-electron chi connectivity index (χ1n) is 5.88. The predicted molar refractivity (Wildman–Crippen MR) is 67.6 cm³/mol. The van der Waals surface area contributed by atoms with Gasteiger partial charge in [-0.1, -0.05) is 12.8 Å². The summed E-state index contributed by atoms with van der Waals surface area (Å²) in [6, 6.07) is 0.317. The second kappa shape index (κ2) is 7.92. The van der Waals surface area contributed by atoms with Gasteiger partial charge in [-0.05, 0) is 19.1 Å². The highest BCUT2D eigenvalue weighted by Gasteiger charge is 2.25. The van der Waals surface area contributed by atoms with Gasteiger partial charge in [0.25, 0.3) is 0 Å². The Morgan fingerprint density at radius 3 is 2.94 bits per heavy atom. The van der Waals surface area contributed by atoms with Gasteiger partial charge in [0, 0.05) is 17.8 Å². The van der Waals surface area contributed by atoms with E-state index in [0.29, 0.717) is 24.4 Å². The lowest BCUT2D eigenvalue weighted by Crippen LogP contribution is -2.45. The normalized spacial score (nSPS) is 25.4. The Morgan fingerprint density at radius 1 is 1.50 bits per heavy atom. The summed E-state index contributed by atoms with van der Waals surface area (Å²) >= 11 is 1.85. The molecule has 1 fully saturated rings. The van der Waals surface area contributed by atoms with Crippen LogP contribution in [0.1, 0.15) is 25.7 Å². The summed E-state index contributed by atoms with van der Waals surface area (Å²) in [5, 5.41) is 3.62. The van der Waals surface area contributed by atoms with Crippen LogP contribution in [-0.2, 0) is 9.53 Å². The van der Waals surface area contributed by atoms with Gasteiger partial charge in [0.1, 0.15) is 6.61 Å². The summed E-state index contributed by atoms with van der Waals surface area (Å²) in [6.45, 7) is 1.04. The molecule has 0 spiro atoms. The Labute approximate surface area is 102 Å². The number of nitrogens with two attached hydrogens (primary N) is 1. The topological polar surface area (TPSA) is 64.3 Å². The van der Waals surface area contributed by atoms with Crippen LogP contribution in [0.4, 0.5) is 0 Å². The van der Waals surface area contributed by atoms with Crippen molar-refractivity contribution < 1.29 is 9.53 Å². The van der Waals surface area contributed by atoms with Crippen molar-refractivity contribution >= 4 is 17.7 Å². The molecular weight excluding hydrogens is 224 g/mol. The average Bonchev–Trinajstić information content (AvgIpc) is 2.30. The van der Waals surface area contributed by atoms with E-state index in [-0.39, 0.29) is 12.5 Å². The number of rotatable bonds is 6. The monoisotopic (exact) mass is 246 g/mol. The summed E-state index contributed by atoms with van der Waals surface area (Å²) in [4.78, 5) is 11.6. The van der Waals surface area contributed by atoms with E-state index in [1.807, 2.05) is 11.8 Å². The molecule has 3 N–H and O–H groups in total. The molecule has 0 bridgehead atoms. The van der Waals surface area contributed by atoms with Crippen LogP contribution in [0.2, 0.25) is 0 Å². The first-order valence-corrected chi connectivity index (χ1v) is 7.16. The molecule has 0 saturated heterocycles. The largest absolute Gasteiger partial charge is 0.370 e. The Hall–Kier alpha value is -0.260. The van der Waals surface area contributed by atoms with E-state index in [9.17, 15) is 4.79 Å². The van der Waals surface area contributed by atoms with E-state index in [1.54, 1.807) is 0 Å². The molecule has 16 heavy (non-hydrogen) atoms. The number of ether oxygens (including phenoxy) is 1. The van der Waals surface area contributed by atoms with Crippen molar-refractivity contribution in [2.45, 2.75) is 37.0 Å². The molecule has 1 amide bonds. The number of thioether (sulfide) groups is 1. The Bertz CT molecular complexity index is 214. The summed E-state index contributed by atoms with van der Waals surface area (Å²) in [7, 11) is 0. The van der Waals surface area contributed by atoms with E-state index in [4.69, 9.17) is 10.5 Å². The third kappa shape index (κ3) is 4.72. The summed E-state index contributed by atoms with van der Waals surface area (Å²) < 4.78 is 5.11. The molecule has 2 atom stereocenters. The minimum absolute atomic E-state index is 0.0144. The van der Waals surface area contributed by atoms with E-state index in [0.717, 1.165) is 6.42 Å². The van der Waals surface area contributed by atoms with Crippen molar-refractivity contribution in [1.29, 1.82) is 0 Å². The molecule has 0 heterocycles. The fourth-order valence-electron chi connectivity index (χ4n) is 2.04. The maximum Gasteiger partial charge on any atom is 0.246 e. The molecule has 1 aliphatic rings. The molecule has 1 saturated carbocycles. The molecule has 4 nitrogen and oxygen atoms in total. The minimum Gasteiger partial charge on any atom is -0.370 e. The van der Waals surface area contributed by atoms with Crippen LogP contribution in [0.15, 0.2) is 0 Å². The minimum atomic E-state index is -0.0144. The lowest BCUT2D eigenvalue weighted by atomic mass is 9.95. The summed E-state index contributed by atoms with van der Waals surface area (Å²) in [5.74, 6) is -0.0144. The summed E-state index contributed by atoms with van der Waals surface area (Å²) in [5.41, 5.74) is 5.28. The van der Waals surface area contributed by atoms with Gasteiger partial charge in [-0.3, -0.25) is 4.79 Å². The number of nitrogens with one attached hydrogen (secondary N) is 1. The van der Waals surface area contributed by atoms with Crippen LogP contribution in [-0.4, -0.2) is 43.2 Å². The SMILES string of the molecule is CSC1CCCCC1NC(=O)COCCN. The predicted octanol–water partition coefficient (Wildman–Crippen LogP) is 0.752. The van der Waals surface area contributed by atoms with Crippen LogP contribution in [0.25, 0.3) is 0 Å². The second-order valence-electron chi connectivity index (χ2n) is 4.07. The van der Waals surface area contributed by atoms with Crippen molar-refractivity contribution in [3.63, 3.8) is 0 Å². The fourth-order valence-corrected chi connectivity index (χ4v) is 2.98. The summed E-state index contributed by atoms with van der Waals surface area (Å²) in [6.07, 6.45) is 6.90. The smallest absolute Gasteiger partial charge is 0.246 e. The molecule has 0 aromatic carbocycles. The van der Waals surface area contributed by atoms with E-state index in [2.05, 4.69) is 11.6 Å². The molecule has 0 aromatic heterocycles. The number of hydrogen-bond donors (Lipinski definition) is 2. The van der Waals surface area contributed by atoms with Crippen LogP contribution >= 0.6 is 11.8 Å². The lowest BCUT2D eigenvalue weighted by Gasteiger charge is -2.30. The molecule has 0 radical (unpaired) electrons. The zero-order valence-electron chi connectivity index (χ0n) is 9.91. The average molecular weight is 246 g/mol. The lowest BCUT2D eigenvalue weighted by molar-refractivity contribution is -0.126. The van der Waals surface area contributed by atoms with Crippen LogP contribution in [0.3, 0.4) is 0 Å². The van der Waals surface area contributed by atoms with E-state index in [1.165, 1.54) is 19.3 Å². The molecule has 1 rings (SSSR count). The van der Waals surface area contributed by atoms with E-state index >= 15 is 0 Å². The standard InChI is InChI=1S/C11H22N2O2S/c1-16-10-5-3-2-4-9(10)13-11(14)8-15-7-6-12/h9-10H,2-8,12H2,1H3,(H,13,14). The number of carbonyl (C=O) groups is 1. The van der Waals surface area contributed by atoms with Gasteiger partial charge in [0.2, 0.25) is 5.91 Å². The maximum absolute atomic E-state index is 11.6. The molecular formula is C11H22N2O2S. The van der Waals surface area contributed by atoms with Gasteiger partial charge in [-0.25, -0.2) is 0 Å². The number of carbonyl (C=O) groups excluding carboxylic acids is 1. The Morgan fingerprint density at radius 2 is 2.25 bits per heavy atom. The molecule has 94 valence electrons. The first-order chi connectivity index (χ1) is 7.77. The molecule has 0 aliphatic heterocycles. The van der Waals surface area contributed by atoms with Gasteiger partial charge in [0.05, 0.1) is 6.61 Å². The van der Waals surface area contributed by atoms with Gasteiger partial charge < -0.3 is 15.8 Å². The van der Waals surface area contributed by atoms with Crippen molar-refractivity contribution in [2.75, 3.05) is 26.0 Å².